The summed E-state index contributed by atoms with van der Waals surface area (Å²) in [6.45, 7) is 1.64. The first kappa shape index (κ1) is 8.04. The predicted molar refractivity (Wildman–Crippen MR) is 36.0 cm³/mol. The summed E-state index contributed by atoms with van der Waals surface area (Å²) in [4.78, 5) is 20.9. The summed E-state index contributed by atoms with van der Waals surface area (Å²) in [5.41, 5.74) is -0.761. The molecule has 1 heterocycles. The second-order valence-electron chi connectivity index (χ2n) is 2.99. The Hall–Kier alpha value is -1.06. The van der Waals surface area contributed by atoms with E-state index in [1.807, 2.05) is 0 Å². The van der Waals surface area contributed by atoms with Crippen LogP contribution in [0.25, 0.3) is 0 Å². The number of carboxylic acids is 1. The highest BCUT2D eigenvalue weighted by atomic mass is 16.6. The van der Waals surface area contributed by atoms with E-state index in [9.17, 15) is 9.59 Å². The zero-order chi connectivity index (χ0) is 8.48. The molecule has 0 radical (unpaired) electrons. The first-order valence-corrected chi connectivity index (χ1v) is 3.45. The van der Waals surface area contributed by atoms with Gasteiger partial charge in [-0.15, -0.1) is 0 Å². The number of carboxylic acid groups (broad SMARTS) is 1. The molecule has 11 heavy (non-hydrogen) atoms. The lowest BCUT2D eigenvalue weighted by atomic mass is 9.99. The third-order valence-electron chi connectivity index (χ3n) is 1.74. The van der Waals surface area contributed by atoms with Gasteiger partial charge in [-0.25, -0.2) is 0 Å². The van der Waals surface area contributed by atoms with Gasteiger partial charge in [0, 0.05) is 6.42 Å². The SMILES string of the molecule is CC1(CC(=O)O)CCC(=O)O1. The van der Waals surface area contributed by atoms with E-state index in [2.05, 4.69) is 0 Å². The largest absolute Gasteiger partial charge is 0.481 e. The van der Waals surface area contributed by atoms with E-state index in [0.717, 1.165) is 0 Å². The zero-order valence-electron chi connectivity index (χ0n) is 6.29. The number of esters is 1. The van der Waals surface area contributed by atoms with Crippen molar-refractivity contribution in [2.75, 3.05) is 0 Å². The number of ether oxygens (including phenoxy) is 1. The molecule has 1 saturated heterocycles. The van der Waals surface area contributed by atoms with Gasteiger partial charge < -0.3 is 9.84 Å². The molecule has 1 aliphatic rings. The topological polar surface area (TPSA) is 63.6 Å². The number of hydrogen-bond donors (Lipinski definition) is 1. The molecule has 0 aromatic carbocycles. The maximum absolute atomic E-state index is 10.6. The first-order chi connectivity index (χ1) is 5.02. The first-order valence-electron chi connectivity index (χ1n) is 3.45. The summed E-state index contributed by atoms with van der Waals surface area (Å²) in [7, 11) is 0. The Morgan fingerprint density at radius 1 is 1.82 bits per heavy atom. The Labute approximate surface area is 64.2 Å². The van der Waals surface area contributed by atoms with Gasteiger partial charge in [-0.2, -0.15) is 0 Å². The third-order valence-corrected chi connectivity index (χ3v) is 1.74. The van der Waals surface area contributed by atoms with Gasteiger partial charge in [0.15, 0.2) is 0 Å². The van der Waals surface area contributed by atoms with Crippen molar-refractivity contribution in [2.24, 2.45) is 0 Å². The van der Waals surface area contributed by atoms with Crippen LogP contribution in [0, 0.1) is 0 Å². The Morgan fingerprint density at radius 2 is 2.45 bits per heavy atom. The molecule has 1 N–H and O–H groups in total. The van der Waals surface area contributed by atoms with E-state index in [-0.39, 0.29) is 12.4 Å². The number of aliphatic carboxylic acids is 1. The molecule has 0 bridgehead atoms. The van der Waals surface area contributed by atoms with E-state index in [4.69, 9.17) is 9.84 Å². The fraction of sp³-hybridized carbons (Fsp3) is 0.714. The van der Waals surface area contributed by atoms with Crippen LogP contribution < -0.4 is 0 Å². The number of rotatable bonds is 2. The lowest BCUT2D eigenvalue weighted by Gasteiger charge is -2.19. The van der Waals surface area contributed by atoms with Crippen LogP contribution in [0.15, 0.2) is 0 Å². The van der Waals surface area contributed by atoms with E-state index in [1.165, 1.54) is 0 Å². The van der Waals surface area contributed by atoms with Gasteiger partial charge in [0.25, 0.3) is 0 Å². The summed E-state index contributed by atoms with van der Waals surface area (Å²) >= 11 is 0. The van der Waals surface area contributed by atoms with Crippen molar-refractivity contribution >= 4 is 11.9 Å². The Kier molecular flexibility index (Phi) is 1.85. The van der Waals surface area contributed by atoms with Gasteiger partial charge in [-0.05, 0) is 13.3 Å². The standard InChI is InChI=1S/C7H10O4/c1-7(4-5(8)9)3-2-6(10)11-7/h2-4H2,1H3,(H,8,9). The molecular weight excluding hydrogens is 148 g/mol. The van der Waals surface area contributed by atoms with Crippen LogP contribution in [0.3, 0.4) is 0 Å². The molecule has 1 aliphatic heterocycles. The lowest BCUT2D eigenvalue weighted by molar-refractivity contribution is -0.152. The second-order valence-corrected chi connectivity index (χ2v) is 2.99. The van der Waals surface area contributed by atoms with Crippen molar-refractivity contribution in [2.45, 2.75) is 31.8 Å². The molecule has 0 aromatic heterocycles. The zero-order valence-corrected chi connectivity index (χ0v) is 6.29. The fourth-order valence-corrected chi connectivity index (χ4v) is 1.19. The molecule has 1 unspecified atom stereocenters. The smallest absolute Gasteiger partial charge is 0.307 e. The van der Waals surface area contributed by atoms with Crippen molar-refractivity contribution in [3.63, 3.8) is 0 Å². The van der Waals surface area contributed by atoms with Crippen molar-refractivity contribution < 1.29 is 19.4 Å². The summed E-state index contributed by atoms with van der Waals surface area (Å²) in [5.74, 6) is -1.23. The van der Waals surface area contributed by atoms with Gasteiger partial charge in [0.05, 0.1) is 6.42 Å². The average molecular weight is 158 g/mol. The minimum Gasteiger partial charge on any atom is -0.481 e. The van der Waals surface area contributed by atoms with Gasteiger partial charge in [0.1, 0.15) is 5.60 Å². The molecule has 0 spiro atoms. The minimum atomic E-state index is -0.929. The fourth-order valence-electron chi connectivity index (χ4n) is 1.19. The van der Waals surface area contributed by atoms with Gasteiger partial charge in [-0.3, -0.25) is 9.59 Å². The van der Waals surface area contributed by atoms with Crippen LogP contribution in [-0.4, -0.2) is 22.6 Å². The third kappa shape index (κ3) is 1.93. The maximum atomic E-state index is 10.6. The van der Waals surface area contributed by atoms with Crippen LogP contribution in [0.2, 0.25) is 0 Å². The molecule has 0 aliphatic carbocycles. The van der Waals surface area contributed by atoms with Crippen LogP contribution in [0.5, 0.6) is 0 Å². The highest BCUT2D eigenvalue weighted by Gasteiger charge is 2.37. The quantitative estimate of drug-likeness (QED) is 0.596. The van der Waals surface area contributed by atoms with Crippen LogP contribution >= 0.6 is 0 Å². The molecule has 62 valence electrons. The highest BCUT2D eigenvalue weighted by molar-refractivity contribution is 5.75. The molecule has 1 fully saturated rings. The Balaban J connectivity index is 2.55. The molecule has 1 rings (SSSR count). The highest BCUT2D eigenvalue weighted by Crippen LogP contribution is 2.28. The molecule has 0 aromatic rings. The summed E-state index contributed by atoms with van der Waals surface area (Å²) < 4.78 is 4.84. The minimum absolute atomic E-state index is 0.0985. The van der Waals surface area contributed by atoms with Gasteiger partial charge in [-0.1, -0.05) is 0 Å². The molecule has 4 heteroatoms. The van der Waals surface area contributed by atoms with Crippen LogP contribution in [0.1, 0.15) is 26.2 Å². The van der Waals surface area contributed by atoms with Crippen LogP contribution in [0.4, 0.5) is 0 Å². The van der Waals surface area contributed by atoms with Crippen molar-refractivity contribution in [3.05, 3.63) is 0 Å². The molecule has 1 atom stereocenters. The van der Waals surface area contributed by atoms with E-state index < -0.39 is 11.6 Å². The number of cyclic esters (lactones) is 1. The van der Waals surface area contributed by atoms with Gasteiger partial charge >= 0.3 is 11.9 Å². The van der Waals surface area contributed by atoms with Crippen LogP contribution in [-0.2, 0) is 14.3 Å². The van der Waals surface area contributed by atoms with Crippen molar-refractivity contribution in [1.29, 1.82) is 0 Å². The molecular formula is C7H10O4. The van der Waals surface area contributed by atoms with E-state index >= 15 is 0 Å². The van der Waals surface area contributed by atoms with Crippen molar-refractivity contribution in [1.82, 2.24) is 0 Å². The van der Waals surface area contributed by atoms with Crippen molar-refractivity contribution in [3.8, 4) is 0 Å². The average Bonchev–Trinajstić information content (AvgIpc) is 2.08. The number of hydrogen-bond acceptors (Lipinski definition) is 3. The van der Waals surface area contributed by atoms with E-state index in [0.29, 0.717) is 12.8 Å². The Bertz CT molecular complexity index is 199. The summed E-state index contributed by atoms with van der Waals surface area (Å²) in [5, 5.41) is 8.43. The predicted octanol–water partition coefficient (Wildman–Crippen LogP) is 0.557. The molecule has 0 amide bonds. The normalized spacial score (nSPS) is 30.1. The monoisotopic (exact) mass is 158 g/mol. The number of carbonyl (C=O) groups excluding carboxylic acids is 1. The lowest BCUT2D eigenvalue weighted by Crippen LogP contribution is -2.27. The molecule has 4 nitrogen and oxygen atoms in total. The number of carbonyl (C=O) groups is 2. The van der Waals surface area contributed by atoms with Gasteiger partial charge in [0.2, 0.25) is 0 Å². The second kappa shape index (κ2) is 2.53. The maximum Gasteiger partial charge on any atom is 0.307 e. The molecule has 0 saturated carbocycles. The summed E-state index contributed by atoms with van der Waals surface area (Å²) in [6, 6.07) is 0. The summed E-state index contributed by atoms with van der Waals surface area (Å²) in [6.07, 6.45) is 0.751. The van der Waals surface area contributed by atoms with E-state index in [1.54, 1.807) is 6.92 Å². The Morgan fingerprint density at radius 3 is 2.82 bits per heavy atom.